The van der Waals surface area contributed by atoms with Crippen molar-refractivity contribution in [3.05, 3.63) is 59.8 Å². The highest BCUT2D eigenvalue weighted by Gasteiger charge is 2.16. The minimum Gasteiger partial charge on any atom is -0.481 e. The lowest BCUT2D eigenvalue weighted by molar-refractivity contribution is -0.136. The van der Waals surface area contributed by atoms with Crippen molar-refractivity contribution in [1.29, 1.82) is 0 Å². The Morgan fingerprint density at radius 1 is 1.15 bits per heavy atom. The van der Waals surface area contributed by atoms with Crippen molar-refractivity contribution in [2.24, 2.45) is 5.73 Å². The van der Waals surface area contributed by atoms with E-state index in [1.807, 2.05) is 0 Å². The van der Waals surface area contributed by atoms with Crippen LogP contribution in [0.1, 0.15) is 22.5 Å². The molecule has 1 amide bonds. The fourth-order valence-electron chi connectivity index (χ4n) is 2.92. The summed E-state index contributed by atoms with van der Waals surface area (Å²) in [5.41, 5.74) is 7.45. The molecule has 2 aromatic carbocycles. The van der Waals surface area contributed by atoms with Gasteiger partial charge >= 0.3 is 12.6 Å². The Bertz CT molecular complexity index is 1010. The number of carbonyl (C=O) groups is 2. The summed E-state index contributed by atoms with van der Waals surface area (Å²) in [6.07, 6.45) is 0.277. The first-order valence-corrected chi connectivity index (χ1v) is 8.06. The number of fused-ring (bicyclic) bond motifs is 1. The van der Waals surface area contributed by atoms with E-state index in [9.17, 15) is 18.4 Å². The van der Waals surface area contributed by atoms with E-state index >= 15 is 0 Å². The Balaban J connectivity index is 2.13. The monoisotopic (exact) mass is 374 g/mol. The van der Waals surface area contributed by atoms with Crippen LogP contribution in [0.15, 0.2) is 48.5 Å². The van der Waals surface area contributed by atoms with Crippen LogP contribution in [0.4, 0.5) is 8.78 Å². The number of hydrogen-bond donors (Lipinski definition) is 2. The molecule has 0 aliphatic carbocycles. The number of carbonyl (C=O) groups excluding carboxylic acids is 1. The standard InChI is InChI=1S/C19H16F2N2O4/c20-19(21)27-14-6-5-12-9-16(18(22)26)23(15(12)10-14)13-3-1-2-11(8-13)4-7-17(24)25/h1-3,5-6,8-10,19H,4,7H2,(H2,22,26)(H,24,25). The van der Waals surface area contributed by atoms with E-state index in [4.69, 9.17) is 10.8 Å². The van der Waals surface area contributed by atoms with Crippen LogP contribution >= 0.6 is 0 Å². The molecule has 0 spiro atoms. The zero-order valence-electron chi connectivity index (χ0n) is 14.1. The first kappa shape index (κ1) is 18.4. The predicted octanol–water partition coefficient (Wildman–Crippen LogP) is 3.35. The van der Waals surface area contributed by atoms with Gasteiger partial charge < -0.3 is 20.1 Å². The van der Waals surface area contributed by atoms with E-state index in [1.54, 1.807) is 41.0 Å². The lowest BCUT2D eigenvalue weighted by atomic mass is 10.1. The lowest BCUT2D eigenvalue weighted by Gasteiger charge is -2.12. The second-order valence-electron chi connectivity index (χ2n) is 5.89. The largest absolute Gasteiger partial charge is 0.481 e. The number of hydrogen-bond acceptors (Lipinski definition) is 3. The van der Waals surface area contributed by atoms with Crippen LogP contribution in [0.5, 0.6) is 5.75 Å². The fraction of sp³-hybridized carbons (Fsp3) is 0.158. The minimum atomic E-state index is -2.97. The fourth-order valence-corrected chi connectivity index (χ4v) is 2.92. The zero-order chi connectivity index (χ0) is 19.6. The molecule has 27 heavy (non-hydrogen) atoms. The van der Waals surface area contributed by atoms with E-state index in [0.717, 1.165) is 5.56 Å². The summed E-state index contributed by atoms with van der Waals surface area (Å²) in [7, 11) is 0. The van der Waals surface area contributed by atoms with Gasteiger partial charge in [-0.1, -0.05) is 12.1 Å². The molecule has 0 unspecified atom stereocenters. The quantitative estimate of drug-likeness (QED) is 0.663. The van der Waals surface area contributed by atoms with Crippen LogP contribution in [0, 0.1) is 0 Å². The maximum atomic E-state index is 12.5. The number of benzene rings is 2. The molecule has 140 valence electrons. The molecule has 3 rings (SSSR count). The van der Waals surface area contributed by atoms with Gasteiger partial charge in [0, 0.05) is 23.6 Å². The zero-order valence-corrected chi connectivity index (χ0v) is 14.1. The van der Waals surface area contributed by atoms with Gasteiger partial charge in [0.05, 0.1) is 5.52 Å². The average molecular weight is 374 g/mol. The lowest BCUT2D eigenvalue weighted by Crippen LogP contribution is -2.16. The van der Waals surface area contributed by atoms with Crippen LogP contribution in [0.2, 0.25) is 0 Å². The second kappa shape index (κ2) is 7.45. The van der Waals surface area contributed by atoms with Crippen molar-refractivity contribution < 1.29 is 28.2 Å². The molecule has 8 heteroatoms. The van der Waals surface area contributed by atoms with Crippen molar-refractivity contribution in [2.75, 3.05) is 0 Å². The molecule has 0 saturated heterocycles. The molecule has 0 aliphatic rings. The first-order chi connectivity index (χ1) is 12.8. The highest BCUT2D eigenvalue weighted by atomic mass is 19.3. The van der Waals surface area contributed by atoms with Crippen molar-refractivity contribution >= 4 is 22.8 Å². The number of nitrogens with two attached hydrogens (primary N) is 1. The molecule has 1 aromatic heterocycles. The number of carboxylic acid groups (broad SMARTS) is 1. The normalized spacial score (nSPS) is 11.1. The third-order valence-corrected chi connectivity index (χ3v) is 4.05. The van der Waals surface area contributed by atoms with Gasteiger partial charge in [0.25, 0.3) is 5.91 Å². The van der Waals surface area contributed by atoms with Crippen molar-refractivity contribution in [1.82, 2.24) is 4.57 Å². The van der Waals surface area contributed by atoms with Gasteiger partial charge in [-0.3, -0.25) is 9.59 Å². The Labute approximate surface area is 152 Å². The van der Waals surface area contributed by atoms with Crippen LogP contribution in [0.25, 0.3) is 16.6 Å². The third-order valence-electron chi connectivity index (χ3n) is 4.05. The maximum Gasteiger partial charge on any atom is 0.387 e. The molecule has 3 aromatic rings. The van der Waals surface area contributed by atoms with Crippen LogP contribution in [-0.4, -0.2) is 28.2 Å². The highest BCUT2D eigenvalue weighted by Crippen LogP contribution is 2.29. The van der Waals surface area contributed by atoms with Crippen molar-refractivity contribution in [3.63, 3.8) is 0 Å². The molecule has 6 nitrogen and oxygen atoms in total. The Kier molecular flexibility index (Phi) is 5.07. The third kappa shape index (κ3) is 4.05. The summed E-state index contributed by atoms with van der Waals surface area (Å²) in [6.45, 7) is -2.97. The van der Waals surface area contributed by atoms with E-state index in [1.165, 1.54) is 12.1 Å². The SMILES string of the molecule is NC(=O)c1cc2ccc(OC(F)F)cc2n1-c1cccc(CCC(=O)O)c1. The van der Waals surface area contributed by atoms with Crippen molar-refractivity contribution in [3.8, 4) is 11.4 Å². The van der Waals surface area contributed by atoms with Crippen LogP contribution in [0.3, 0.4) is 0 Å². The number of primary amides is 1. The minimum absolute atomic E-state index is 0.0368. The number of aryl methyl sites for hydroxylation is 1. The van der Waals surface area contributed by atoms with E-state index in [-0.39, 0.29) is 17.9 Å². The molecule has 0 saturated carbocycles. The average Bonchev–Trinajstić information content (AvgIpc) is 2.99. The molecular weight excluding hydrogens is 358 g/mol. The predicted molar refractivity (Wildman–Crippen MR) is 94.4 cm³/mol. The summed E-state index contributed by atoms with van der Waals surface area (Å²) in [6, 6.07) is 12.9. The summed E-state index contributed by atoms with van der Waals surface area (Å²) in [5.74, 6) is -1.65. The topological polar surface area (TPSA) is 94.6 Å². The number of halogens is 2. The van der Waals surface area contributed by atoms with Gasteiger partial charge in [-0.05, 0) is 42.3 Å². The number of ether oxygens (including phenoxy) is 1. The molecule has 0 bridgehead atoms. The highest BCUT2D eigenvalue weighted by molar-refractivity contribution is 5.99. The van der Waals surface area contributed by atoms with Gasteiger partial charge in [-0.2, -0.15) is 8.78 Å². The van der Waals surface area contributed by atoms with Gasteiger partial charge in [-0.15, -0.1) is 0 Å². The Morgan fingerprint density at radius 3 is 2.59 bits per heavy atom. The van der Waals surface area contributed by atoms with E-state index < -0.39 is 18.5 Å². The number of nitrogens with zero attached hydrogens (tertiary/aromatic N) is 1. The molecule has 0 radical (unpaired) electrons. The van der Waals surface area contributed by atoms with Gasteiger partial charge in [-0.25, -0.2) is 0 Å². The molecule has 0 aliphatic heterocycles. The van der Waals surface area contributed by atoms with E-state index in [0.29, 0.717) is 23.0 Å². The number of carboxylic acids is 1. The van der Waals surface area contributed by atoms with Crippen molar-refractivity contribution in [2.45, 2.75) is 19.5 Å². The number of aromatic nitrogens is 1. The van der Waals surface area contributed by atoms with E-state index in [2.05, 4.69) is 4.74 Å². The molecular formula is C19H16F2N2O4. The number of amides is 1. The molecule has 0 atom stereocenters. The van der Waals surface area contributed by atoms with Gasteiger partial charge in [0.15, 0.2) is 0 Å². The first-order valence-electron chi connectivity index (χ1n) is 8.06. The number of alkyl halides is 2. The number of rotatable bonds is 7. The second-order valence-corrected chi connectivity index (χ2v) is 5.89. The smallest absolute Gasteiger partial charge is 0.387 e. The van der Waals surface area contributed by atoms with Crippen LogP contribution < -0.4 is 10.5 Å². The molecule has 0 fully saturated rings. The summed E-state index contributed by atoms with van der Waals surface area (Å²) in [4.78, 5) is 22.7. The Morgan fingerprint density at radius 2 is 1.93 bits per heavy atom. The molecule has 3 N–H and O–H groups in total. The van der Waals surface area contributed by atoms with Gasteiger partial charge in [0.1, 0.15) is 11.4 Å². The summed E-state index contributed by atoms with van der Waals surface area (Å²) in [5, 5.41) is 9.47. The summed E-state index contributed by atoms with van der Waals surface area (Å²) < 4.78 is 31.0. The maximum absolute atomic E-state index is 12.5. The summed E-state index contributed by atoms with van der Waals surface area (Å²) >= 11 is 0. The van der Waals surface area contributed by atoms with Gasteiger partial charge in [0.2, 0.25) is 0 Å². The Hall–Kier alpha value is -3.42. The molecule has 1 heterocycles. The van der Waals surface area contributed by atoms with Crippen LogP contribution in [-0.2, 0) is 11.2 Å². The number of aliphatic carboxylic acids is 1.